The molecule has 0 radical (unpaired) electrons. The van der Waals surface area contributed by atoms with Gasteiger partial charge in [0.15, 0.2) is 0 Å². The number of nitrogens with zero attached hydrogens (tertiary/aromatic N) is 3. The minimum absolute atomic E-state index is 0.112. The van der Waals surface area contributed by atoms with Crippen LogP contribution in [-0.2, 0) is 4.79 Å². The van der Waals surface area contributed by atoms with Crippen LogP contribution in [0, 0.1) is 0 Å². The maximum Gasteiger partial charge on any atom is 0.277 e. The fourth-order valence-corrected chi connectivity index (χ4v) is 3.08. The van der Waals surface area contributed by atoms with E-state index in [1.807, 2.05) is 12.1 Å². The number of hydrogen-bond donors (Lipinski definition) is 0. The van der Waals surface area contributed by atoms with Crippen LogP contribution in [0.3, 0.4) is 0 Å². The number of benzene rings is 1. The zero-order chi connectivity index (χ0) is 14.1. The van der Waals surface area contributed by atoms with Crippen LogP contribution in [0.25, 0.3) is 11.5 Å². The van der Waals surface area contributed by atoms with Crippen LogP contribution < -0.4 is 0 Å². The van der Waals surface area contributed by atoms with Crippen LogP contribution in [0.15, 0.2) is 33.9 Å². The Balaban J connectivity index is 1.74. The molecule has 1 amide bonds. The number of thioether (sulfide) groups is 1. The van der Waals surface area contributed by atoms with Crippen molar-refractivity contribution in [2.75, 3.05) is 13.6 Å². The second kappa shape index (κ2) is 5.46. The summed E-state index contributed by atoms with van der Waals surface area (Å²) in [7, 11) is 1.80. The zero-order valence-electron chi connectivity index (χ0n) is 10.7. The summed E-state index contributed by atoms with van der Waals surface area (Å²) in [4.78, 5) is 13.5. The number of rotatable bonds is 3. The second-order valence-corrected chi connectivity index (χ2v) is 6.13. The van der Waals surface area contributed by atoms with Gasteiger partial charge < -0.3 is 9.32 Å². The Kier molecular flexibility index (Phi) is 3.67. The number of likely N-dealkylation sites (tertiary alicyclic amines) is 1. The van der Waals surface area contributed by atoms with Gasteiger partial charge in [-0.15, -0.1) is 10.2 Å². The highest BCUT2D eigenvalue weighted by Crippen LogP contribution is 2.31. The maximum atomic E-state index is 11.8. The Morgan fingerprint density at radius 3 is 2.75 bits per heavy atom. The van der Waals surface area contributed by atoms with E-state index in [1.165, 1.54) is 11.8 Å². The second-order valence-electron chi connectivity index (χ2n) is 4.53. The average Bonchev–Trinajstić information content (AvgIpc) is 3.02. The average molecular weight is 310 g/mol. The van der Waals surface area contributed by atoms with Crippen molar-refractivity contribution in [3.63, 3.8) is 0 Å². The van der Waals surface area contributed by atoms with E-state index in [4.69, 9.17) is 16.0 Å². The lowest BCUT2D eigenvalue weighted by Crippen LogP contribution is -2.23. The van der Waals surface area contributed by atoms with Crippen LogP contribution in [0.1, 0.15) is 6.42 Å². The molecule has 0 saturated carbocycles. The molecular formula is C13H12ClN3O2S. The Bertz CT molecular complexity index is 629. The number of hydrogen-bond acceptors (Lipinski definition) is 5. The molecule has 1 atom stereocenters. The van der Waals surface area contributed by atoms with Gasteiger partial charge in [-0.1, -0.05) is 23.4 Å². The predicted octanol–water partition coefficient (Wildman–Crippen LogP) is 2.71. The highest BCUT2D eigenvalue weighted by atomic mass is 35.5. The molecule has 0 spiro atoms. The molecule has 1 aromatic carbocycles. The van der Waals surface area contributed by atoms with Gasteiger partial charge in [0.1, 0.15) is 0 Å². The van der Waals surface area contributed by atoms with Crippen molar-refractivity contribution in [3.8, 4) is 11.5 Å². The van der Waals surface area contributed by atoms with Gasteiger partial charge in [0.2, 0.25) is 11.8 Å². The van der Waals surface area contributed by atoms with E-state index in [0.717, 1.165) is 18.5 Å². The summed E-state index contributed by atoms with van der Waals surface area (Å²) in [5.74, 6) is 0.546. The molecular weight excluding hydrogens is 298 g/mol. The zero-order valence-corrected chi connectivity index (χ0v) is 12.3. The predicted molar refractivity (Wildman–Crippen MR) is 76.6 cm³/mol. The Labute approximate surface area is 125 Å². The van der Waals surface area contributed by atoms with Gasteiger partial charge in [-0.2, -0.15) is 0 Å². The van der Waals surface area contributed by atoms with E-state index < -0.39 is 0 Å². The molecule has 0 unspecified atom stereocenters. The molecule has 20 heavy (non-hydrogen) atoms. The first kappa shape index (κ1) is 13.5. The first-order valence-corrected chi connectivity index (χ1v) is 7.40. The Morgan fingerprint density at radius 2 is 2.10 bits per heavy atom. The van der Waals surface area contributed by atoms with Gasteiger partial charge in [-0.3, -0.25) is 4.79 Å². The monoisotopic (exact) mass is 309 g/mol. The molecule has 1 saturated heterocycles. The molecule has 104 valence electrons. The highest BCUT2D eigenvalue weighted by molar-refractivity contribution is 8.00. The van der Waals surface area contributed by atoms with Gasteiger partial charge in [-0.05, 0) is 30.7 Å². The van der Waals surface area contributed by atoms with E-state index in [2.05, 4.69) is 10.2 Å². The number of halogens is 1. The topological polar surface area (TPSA) is 59.2 Å². The normalized spacial score (nSPS) is 18.8. The van der Waals surface area contributed by atoms with Crippen molar-refractivity contribution in [1.29, 1.82) is 0 Å². The SMILES string of the molecule is CN1CC[C@@H](Sc2nnc(-c3ccc(Cl)cc3)o2)C1=O. The van der Waals surface area contributed by atoms with E-state index in [1.54, 1.807) is 24.1 Å². The highest BCUT2D eigenvalue weighted by Gasteiger charge is 2.31. The summed E-state index contributed by atoms with van der Waals surface area (Å²) in [5, 5.41) is 8.93. The third-order valence-corrected chi connectivity index (χ3v) is 4.46. The van der Waals surface area contributed by atoms with E-state index >= 15 is 0 Å². The van der Waals surface area contributed by atoms with E-state index in [-0.39, 0.29) is 11.2 Å². The number of carbonyl (C=O) groups is 1. The van der Waals surface area contributed by atoms with Crippen molar-refractivity contribution in [1.82, 2.24) is 15.1 Å². The van der Waals surface area contributed by atoms with Crippen molar-refractivity contribution in [2.45, 2.75) is 16.9 Å². The van der Waals surface area contributed by atoms with E-state index in [9.17, 15) is 4.79 Å². The van der Waals surface area contributed by atoms with Crippen LogP contribution in [-0.4, -0.2) is 39.8 Å². The number of amides is 1. The number of aromatic nitrogens is 2. The van der Waals surface area contributed by atoms with Crippen LogP contribution in [0.4, 0.5) is 0 Å². The van der Waals surface area contributed by atoms with Gasteiger partial charge in [0.25, 0.3) is 5.22 Å². The quantitative estimate of drug-likeness (QED) is 0.872. The lowest BCUT2D eigenvalue weighted by Gasteiger charge is -2.07. The van der Waals surface area contributed by atoms with Gasteiger partial charge in [0, 0.05) is 24.2 Å². The van der Waals surface area contributed by atoms with Crippen LogP contribution >= 0.6 is 23.4 Å². The Morgan fingerprint density at radius 1 is 1.35 bits per heavy atom. The van der Waals surface area contributed by atoms with Crippen LogP contribution in [0.5, 0.6) is 0 Å². The largest absolute Gasteiger partial charge is 0.411 e. The van der Waals surface area contributed by atoms with Crippen molar-refractivity contribution < 1.29 is 9.21 Å². The maximum absolute atomic E-state index is 11.8. The fraction of sp³-hybridized carbons (Fsp3) is 0.308. The lowest BCUT2D eigenvalue weighted by atomic mass is 10.2. The summed E-state index contributed by atoms with van der Waals surface area (Å²) < 4.78 is 5.58. The molecule has 1 fully saturated rings. The summed E-state index contributed by atoms with van der Waals surface area (Å²) >= 11 is 7.16. The molecule has 3 rings (SSSR count). The molecule has 5 nitrogen and oxygen atoms in total. The van der Waals surface area contributed by atoms with Gasteiger partial charge in [-0.25, -0.2) is 0 Å². The molecule has 0 bridgehead atoms. The molecule has 2 aromatic rings. The molecule has 1 aliphatic rings. The first-order valence-electron chi connectivity index (χ1n) is 6.14. The standard InChI is InChI=1S/C13H12ClN3O2S/c1-17-7-6-10(12(17)18)20-13-16-15-11(19-13)8-2-4-9(14)5-3-8/h2-5,10H,6-7H2,1H3/t10-/m1/s1. The fourth-order valence-electron chi connectivity index (χ4n) is 1.99. The third-order valence-electron chi connectivity index (χ3n) is 3.12. The number of carbonyl (C=O) groups excluding carboxylic acids is 1. The summed E-state index contributed by atoms with van der Waals surface area (Å²) in [6.07, 6.45) is 0.804. The van der Waals surface area contributed by atoms with Gasteiger partial charge in [0.05, 0.1) is 5.25 Å². The molecule has 1 aromatic heterocycles. The van der Waals surface area contributed by atoms with Crippen LogP contribution in [0.2, 0.25) is 5.02 Å². The summed E-state index contributed by atoms with van der Waals surface area (Å²) in [6, 6.07) is 7.17. The first-order chi connectivity index (χ1) is 9.63. The Hall–Kier alpha value is -1.53. The minimum Gasteiger partial charge on any atom is -0.411 e. The van der Waals surface area contributed by atoms with Gasteiger partial charge >= 0.3 is 0 Å². The molecule has 0 aliphatic carbocycles. The molecule has 7 heteroatoms. The van der Waals surface area contributed by atoms with Crippen molar-refractivity contribution in [2.24, 2.45) is 0 Å². The summed E-state index contributed by atoms with van der Waals surface area (Å²) in [6.45, 7) is 0.772. The van der Waals surface area contributed by atoms with E-state index in [0.29, 0.717) is 16.1 Å². The third kappa shape index (κ3) is 2.66. The molecule has 1 aliphatic heterocycles. The molecule has 0 N–H and O–H groups in total. The van der Waals surface area contributed by atoms with Crippen molar-refractivity contribution >= 4 is 29.3 Å². The smallest absolute Gasteiger partial charge is 0.277 e. The minimum atomic E-state index is -0.126. The molecule has 2 heterocycles. The summed E-state index contributed by atoms with van der Waals surface area (Å²) in [5.41, 5.74) is 0.809. The lowest BCUT2D eigenvalue weighted by molar-refractivity contribution is -0.126. The van der Waals surface area contributed by atoms with Crippen molar-refractivity contribution in [3.05, 3.63) is 29.3 Å².